The molecule has 0 spiro atoms. The Kier molecular flexibility index (Phi) is 7.25. The minimum absolute atomic E-state index is 0. The van der Waals surface area contributed by atoms with Crippen molar-refractivity contribution in [2.24, 2.45) is 0 Å². The lowest BCUT2D eigenvalue weighted by molar-refractivity contribution is -0.137. The minimum Gasteiger partial charge on any atom is -0.481 e. The number of morpholine rings is 1. The van der Waals surface area contributed by atoms with Gasteiger partial charge in [0.15, 0.2) is 0 Å². The molecule has 1 fully saturated rings. The summed E-state index contributed by atoms with van der Waals surface area (Å²) in [6.45, 7) is 2.67. The number of para-hydroxylation sites is 1. The van der Waals surface area contributed by atoms with Crippen LogP contribution in [-0.2, 0) is 9.53 Å². The molecular weight excluding hydrogens is 342 g/mol. The van der Waals surface area contributed by atoms with E-state index in [1.807, 2.05) is 54.6 Å². The number of hydrogen-bond donors (Lipinski definition) is 1. The Morgan fingerprint density at radius 2 is 1.80 bits per heavy atom. The lowest BCUT2D eigenvalue weighted by Gasteiger charge is -2.32. The quantitative estimate of drug-likeness (QED) is 0.847. The minimum atomic E-state index is -0.763. The van der Waals surface area contributed by atoms with Crippen molar-refractivity contribution < 1.29 is 19.4 Å². The van der Waals surface area contributed by atoms with Crippen LogP contribution in [0.4, 0.5) is 0 Å². The zero-order valence-electron chi connectivity index (χ0n) is 13.8. The Balaban J connectivity index is 0.00000225. The van der Waals surface area contributed by atoms with Gasteiger partial charge in [-0.1, -0.05) is 30.3 Å². The van der Waals surface area contributed by atoms with Gasteiger partial charge in [-0.15, -0.1) is 12.4 Å². The molecule has 0 radical (unpaired) electrons. The predicted octanol–water partition coefficient (Wildman–Crippen LogP) is 3.75. The van der Waals surface area contributed by atoms with Crippen LogP contribution in [-0.4, -0.2) is 42.2 Å². The molecule has 1 aliphatic heterocycles. The number of rotatable bonds is 6. The van der Waals surface area contributed by atoms with E-state index in [0.717, 1.165) is 23.6 Å². The van der Waals surface area contributed by atoms with Gasteiger partial charge >= 0.3 is 5.97 Å². The molecule has 134 valence electrons. The van der Waals surface area contributed by atoms with Crippen LogP contribution in [0.1, 0.15) is 18.1 Å². The molecule has 3 rings (SSSR count). The summed E-state index contributed by atoms with van der Waals surface area (Å²) < 4.78 is 11.6. The molecule has 0 bridgehead atoms. The van der Waals surface area contributed by atoms with Crippen LogP contribution in [0.15, 0.2) is 54.6 Å². The summed E-state index contributed by atoms with van der Waals surface area (Å²) in [5, 5.41) is 8.81. The van der Waals surface area contributed by atoms with E-state index < -0.39 is 5.97 Å². The van der Waals surface area contributed by atoms with Crippen LogP contribution in [0, 0.1) is 0 Å². The second-order valence-corrected chi connectivity index (χ2v) is 5.79. The fraction of sp³-hybridized carbons (Fsp3) is 0.316. The van der Waals surface area contributed by atoms with Crippen molar-refractivity contribution in [2.45, 2.75) is 12.5 Å². The highest BCUT2D eigenvalue weighted by Gasteiger charge is 2.22. The average molecular weight is 364 g/mol. The molecule has 0 amide bonds. The van der Waals surface area contributed by atoms with Gasteiger partial charge in [0, 0.05) is 19.6 Å². The molecule has 1 unspecified atom stereocenters. The number of carbonyl (C=O) groups is 1. The molecule has 5 nitrogen and oxygen atoms in total. The first kappa shape index (κ1) is 19.2. The molecule has 0 saturated carbocycles. The van der Waals surface area contributed by atoms with Crippen molar-refractivity contribution in [1.29, 1.82) is 0 Å². The van der Waals surface area contributed by atoms with Crippen LogP contribution in [0.3, 0.4) is 0 Å². The summed E-state index contributed by atoms with van der Waals surface area (Å²) in [4.78, 5) is 12.8. The maximum atomic E-state index is 10.7. The van der Waals surface area contributed by atoms with Gasteiger partial charge in [0.05, 0.1) is 19.1 Å². The summed E-state index contributed by atoms with van der Waals surface area (Å²) >= 11 is 0. The van der Waals surface area contributed by atoms with E-state index in [4.69, 9.17) is 14.6 Å². The van der Waals surface area contributed by atoms with E-state index in [9.17, 15) is 4.79 Å². The summed E-state index contributed by atoms with van der Waals surface area (Å²) in [7, 11) is 0. The normalized spacial score (nSPS) is 17.5. The number of carboxylic acids is 1. The summed E-state index contributed by atoms with van der Waals surface area (Å²) in [6.07, 6.45) is 0.134. The third-order valence-electron chi connectivity index (χ3n) is 4.02. The Morgan fingerprint density at radius 1 is 1.12 bits per heavy atom. The fourth-order valence-corrected chi connectivity index (χ4v) is 2.74. The van der Waals surface area contributed by atoms with Crippen molar-refractivity contribution in [3.63, 3.8) is 0 Å². The maximum absolute atomic E-state index is 10.7. The van der Waals surface area contributed by atoms with Crippen molar-refractivity contribution >= 4 is 18.4 Å². The molecule has 1 atom stereocenters. The van der Waals surface area contributed by atoms with E-state index in [-0.39, 0.29) is 24.9 Å². The van der Waals surface area contributed by atoms with E-state index in [1.54, 1.807) is 0 Å². The Morgan fingerprint density at radius 3 is 2.48 bits per heavy atom. The molecular formula is C19H22ClNO4. The molecule has 1 aliphatic rings. The fourth-order valence-electron chi connectivity index (χ4n) is 2.74. The molecule has 0 aliphatic carbocycles. The van der Waals surface area contributed by atoms with Crippen LogP contribution in [0.2, 0.25) is 0 Å². The van der Waals surface area contributed by atoms with Crippen molar-refractivity contribution in [3.8, 4) is 11.5 Å². The Hall–Kier alpha value is -2.08. The van der Waals surface area contributed by atoms with Gasteiger partial charge in [-0.05, 0) is 29.8 Å². The first-order chi connectivity index (χ1) is 11.7. The topological polar surface area (TPSA) is 59.0 Å². The van der Waals surface area contributed by atoms with Gasteiger partial charge in [-0.3, -0.25) is 9.69 Å². The highest BCUT2D eigenvalue weighted by molar-refractivity contribution is 5.85. The molecule has 2 aromatic rings. The van der Waals surface area contributed by atoms with Gasteiger partial charge in [0.25, 0.3) is 0 Å². The van der Waals surface area contributed by atoms with Crippen molar-refractivity contribution in [1.82, 2.24) is 4.90 Å². The molecule has 1 N–H and O–H groups in total. The second kappa shape index (κ2) is 9.42. The molecule has 25 heavy (non-hydrogen) atoms. The molecule has 2 aromatic carbocycles. The second-order valence-electron chi connectivity index (χ2n) is 5.79. The molecule has 6 heteroatoms. The lowest BCUT2D eigenvalue weighted by atomic mass is 10.1. The first-order valence-electron chi connectivity index (χ1n) is 8.09. The lowest BCUT2D eigenvalue weighted by Crippen LogP contribution is -2.39. The van der Waals surface area contributed by atoms with Crippen LogP contribution < -0.4 is 4.74 Å². The van der Waals surface area contributed by atoms with Gasteiger partial charge < -0.3 is 14.6 Å². The third-order valence-corrected chi connectivity index (χ3v) is 4.02. The van der Waals surface area contributed by atoms with Gasteiger partial charge in [-0.25, -0.2) is 0 Å². The standard InChI is InChI=1S/C19H21NO4.ClH/c21-19(22)10-11-20-12-13-23-18(14-20)15-6-8-17(9-7-15)24-16-4-2-1-3-5-16;/h1-9,18H,10-14H2,(H,21,22);1H. The number of carboxylic acid groups (broad SMARTS) is 1. The average Bonchev–Trinajstić information content (AvgIpc) is 2.62. The Labute approximate surface area is 153 Å². The number of aliphatic carboxylic acids is 1. The van der Waals surface area contributed by atoms with E-state index in [0.29, 0.717) is 19.7 Å². The summed E-state index contributed by atoms with van der Waals surface area (Å²) in [5.41, 5.74) is 1.08. The monoisotopic (exact) mass is 363 g/mol. The summed E-state index contributed by atoms with van der Waals surface area (Å²) in [6, 6.07) is 17.5. The molecule has 1 heterocycles. The van der Waals surface area contributed by atoms with Crippen molar-refractivity contribution in [3.05, 3.63) is 60.2 Å². The molecule has 0 aromatic heterocycles. The predicted molar refractivity (Wildman–Crippen MR) is 97.6 cm³/mol. The van der Waals surface area contributed by atoms with E-state index >= 15 is 0 Å². The van der Waals surface area contributed by atoms with Gasteiger partial charge in [-0.2, -0.15) is 0 Å². The number of benzene rings is 2. The van der Waals surface area contributed by atoms with Crippen LogP contribution in [0.25, 0.3) is 0 Å². The zero-order chi connectivity index (χ0) is 16.8. The van der Waals surface area contributed by atoms with Crippen LogP contribution >= 0.6 is 12.4 Å². The molecule has 1 saturated heterocycles. The maximum Gasteiger partial charge on any atom is 0.304 e. The number of ether oxygens (including phenoxy) is 2. The highest BCUT2D eigenvalue weighted by atomic mass is 35.5. The van der Waals surface area contributed by atoms with E-state index in [1.165, 1.54) is 0 Å². The SMILES string of the molecule is Cl.O=C(O)CCN1CCOC(c2ccc(Oc3ccccc3)cc2)C1. The van der Waals surface area contributed by atoms with Crippen molar-refractivity contribution in [2.75, 3.05) is 26.2 Å². The Bertz CT molecular complexity index is 663. The number of hydrogen-bond acceptors (Lipinski definition) is 4. The highest BCUT2D eigenvalue weighted by Crippen LogP contribution is 2.26. The smallest absolute Gasteiger partial charge is 0.304 e. The number of halogens is 1. The largest absolute Gasteiger partial charge is 0.481 e. The van der Waals surface area contributed by atoms with Crippen LogP contribution in [0.5, 0.6) is 11.5 Å². The summed E-state index contributed by atoms with van der Waals surface area (Å²) in [5.74, 6) is 0.822. The first-order valence-corrected chi connectivity index (χ1v) is 8.09. The zero-order valence-corrected chi connectivity index (χ0v) is 14.7. The van der Waals surface area contributed by atoms with Gasteiger partial charge in [0.1, 0.15) is 11.5 Å². The third kappa shape index (κ3) is 5.74. The number of nitrogens with zero attached hydrogens (tertiary/aromatic N) is 1. The van der Waals surface area contributed by atoms with Gasteiger partial charge in [0.2, 0.25) is 0 Å². The van der Waals surface area contributed by atoms with E-state index in [2.05, 4.69) is 4.90 Å².